The number of aliphatic hydroxyl groups is 1. The standard InChI is InChI=1S/C49H80O6Si3/c1-38(34-35-53-58(49(9,10)11,43-25-19-17-20-26-43)44-27-21-18-22-28-44)39(2)46(52-37-40-30-32-41(51-12)33-31-40)45(55-57(15,16)48(6,7)8)29-23-24-42(36-50)54-56(13,14)47(3,4)5/h17-23,25-33,38-39,42,45-46,50H,24,34-37H2,1-16H3/b29-23-/t38-,39+,42+,45-,46+/m0/s1. The highest BCUT2D eigenvalue weighted by atomic mass is 28.4. The van der Waals surface area contributed by atoms with E-state index in [-0.39, 0.29) is 51.9 Å². The fourth-order valence-corrected chi connectivity index (χ4v) is 14.2. The first kappa shape index (κ1) is 50.0. The zero-order valence-electron chi connectivity index (χ0n) is 39.1. The minimum absolute atomic E-state index is 0.00279. The van der Waals surface area contributed by atoms with Gasteiger partial charge in [0.2, 0.25) is 0 Å². The van der Waals surface area contributed by atoms with E-state index in [0.717, 1.165) is 17.7 Å². The van der Waals surface area contributed by atoms with E-state index < -0.39 is 25.0 Å². The van der Waals surface area contributed by atoms with E-state index in [1.54, 1.807) is 7.11 Å². The molecule has 0 bridgehead atoms. The average Bonchev–Trinajstić information content (AvgIpc) is 3.15. The van der Waals surface area contributed by atoms with Gasteiger partial charge < -0.3 is 27.9 Å². The van der Waals surface area contributed by atoms with Crippen LogP contribution in [-0.4, -0.2) is 68.7 Å². The maximum Gasteiger partial charge on any atom is 0.261 e. The van der Waals surface area contributed by atoms with Gasteiger partial charge in [-0.2, -0.15) is 0 Å². The second-order valence-electron chi connectivity index (χ2n) is 20.4. The zero-order chi connectivity index (χ0) is 43.6. The summed E-state index contributed by atoms with van der Waals surface area (Å²) in [5.74, 6) is 1.20. The minimum Gasteiger partial charge on any atom is -0.497 e. The van der Waals surface area contributed by atoms with Gasteiger partial charge in [-0.1, -0.05) is 161 Å². The van der Waals surface area contributed by atoms with Crippen molar-refractivity contribution in [2.24, 2.45) is 11.8 Å². The minimum atomic E-state index is -2.68. The van der Waals surface area contributed by atoms with E-state index in [1.807, 2.05) is 12.1 Å². The van der Waals surface area contributed by atoms with Gasteiger partial charge >= 0.3 is 0 Å². The molecule has 0 radical (unpaired) electrons. The number of ether oxygens (including phenoxy) is 2. The summed E-state index contributed by atoms with van der Waals surface area (Å²) in [6, 6.07) is 29.9. The normalized spacial score (nSPS) is 16.2. The molecule has 0 amide bonds. The molecule has 0 aliphatic rings. The lowest BCUT2D eigenvalue weighted by molar-refractivity contribution is -0.0645. The molecule has 6 nitrogen and oxygen atoms in total. The largest absolute Gasteiger partial charge is 0.497 e. The van der Waals surface area contributed by atoms with Gasteiger partial charge in [0.05, 0.1) is 38.6 Å². The van der Waals surface area contributed by atoms with Gasteiger partial charge in [0.25, 0.3) is 8.32 Å². The molecule has 0 aromatic heterocycles. The van der Waals surface area contributed by atoms with Crippen LogP contribution in [0.3, 0.4) is 0 Å². The third kappa shape index (κ3) is 13.1. The molecule has 5 atom stereocenters. The van der Waals surface area contributed by atoms with Crippen molar-refractivity contribution in [3.63, 3.8) is 0 Å². The number of methoxy groups -OCH3 is 1. The SMILES string of the molecule is COc1ccc(CO[C@H]([C@H](C)[C@@H](C)CCO[Si](c2ccccc2)(c2ccccc2)C(C)(C)C)[C@H](/C=C\C[C@H](CO)O[Si](C)(C)C(C)(C)C)O[Si](C)(C)C(C)(C)C)cc1. The van der Waals surface area contributed by atoms with E-state index in [2.05, 4.69) is 187 Å². The fourth-order valence-electron chi connectivity index (χ4n) is 7.06. The first-order valence-corrected chi connectivity index (χ1v) is 29.3. The van der Waals surface area contributed by atoms with Crippen LogP contribution < -0.4 is 15.1 Å². The van der Waals surface area contributed by atoms with Gasteiger partial charge in [-0.15, -0.1) is 0 Å². The summed E-state index contributed by atoms with van der Waals surface area (Å²) in [4.78, 5) is 0. The van der Waals surface area contributed by atoms with Crippen molar-refractivity contribution in [2.45, 2.75) is 155 Å². The van der Waals surface area contributed by atoms with Crippen LogP contribution in [0.25, 0.3) is 0 Å². The number of aliphatic hydroxyl groups excluding tert-OH is 1. The summed E-state index contributed by atoms with van der Waals surface area (Å²) in [6.45, 7) is 35.4. The van der Waals surface area contributed by atoms with Crippen LogP contribution >= 0.6 is 0 Å². The third-order valence-corrected chi connectivity index (χ3v) is 27.1. The molecule has 58 heavy (non-hydrogen) atoms. The molecular formula is C49H80O6Si3. The summed E-state index contributed by atoms with van der Waals surface area (Å²) in [5.41, 5.74) is 1.08. The van der Waals surface area contributed by atoms with E-state index in [1.165, 1.54) is 10.4 Å². The van der Waals surface area contributed by atoms with Gasteiger partial charge in [0.1, 0.15) is 5.75 Å². The second-order valence-corrected chi connectivity index (χ2v) is 34.3. The fraction of sp³-hybridized carbons (Fsp3) is 0.592. The molecule has 0 saturated carbocycles. The van der Waals surface area contributed by atoms with Gasteiger partial charge in [0, 0.05) is 6.61 Å². The molecule has 0 heterocycles. The Labute approximate surface area is 357 Å². The van der Waals surface area contributed by atoms with Crippen LogP contribution in [0.5, 0.6) is 5.75 Å². The highest BCUT2D eigenvalue weighted by Crippen LogP contribution is 2.41. The molecule has 0 fully saturated rings. The molecule has 3 aromatic carbocycles. The van der Waals surface area contributed by atoms with Crippen molar-refractivity contribution < 1.29 is 27.9 Å². The molecule has 3 aromatic rings. The van der Waals surface area contributed by atoms with E-state index in [4.69, 9.17) is 22.8 Å². The molecule has 3 rings (SSSR count). The van der Waals surface area contributed by atoms with Crippen molar-refractivity contribution in [3.05, 3.63) is 103 Å². The Kier molecular flexibility index (Phi) is 18.1. The topological polar surface area (TPSA) is 66.4 Å². The summed E-state index contributed by atoms with van der Waals surface area (Å²) >= 11 is 0. The van der Waals surface area contributed by atoms with Crippen molar-refractivity contribution in [1.29, 1.82) is 0 Å². The lowest BCUT2D eigenvalue weighted by Crippen LogP contribution is -2.66. The van der Waals surface area contributed by atoms with E-state index >= 15 is 0 Å². The van der Waals surface area contributed by atoms with Crippen molar-refractivity contribution in [2.75, 3.05) is 20.3 Å². The lowest BCUT2D eigenvalue weighted by Gasteiger charge is -2.44. The highest BCUT2D eigenvalue weighted by molar-refractivity contribution is 6.99. The van der Waals surface area contributed by atoms with Crippen LogP contribution in [0.15, 0.2) is 97.1 Å². The van der Waals surface area contributed by atoms with Crippen LogP contribution in [0.4, 0.5) is 0 Å². The Hall–Kier alpha value is -2.35. The summed E-state index contributed by atoms with van der Waals surface area (Å²) < 4.78 is 33.9. The van der Waals surface area contributed by atoms with Gasteiger partial charge in [-0.3, -0.25) is 0 Å². The maximum atomic E-state index is 10.5. The molecule has 1 N–H and O–H groups in total. The van der Waals surface area contributed by atoms with Crippen LogP contribution in [0.1, 0.15) is 94.6 Å². The maximum absolute atomic E-state index is 10.5. The Morgan fingerprint density at radius 3 is 1.62 bits per heavy atom. The smallest absolute Gasteiger partial charge is 0.261 e. The number of benzene rings is 3. The first-order valence-electron chi connectivity index (χ1n) is 21.5. The van der Waals surface area contributed by atoms with Crippen molar-refractivity contribution >= 4 is 35.3 Å². The van der Waals surface area contributed by atoms with Crippen LogP contribution in [-0.2, 0) is 24.6 Å². The van der Waals surface area contributed by atoms with Crippen LogP contribution in [0.2, 0.25) is 41.3 Å². The molecule has 0 unspecified atom stereocenters. The quantitative estimate of drug-likeness (QED) is 0.0851. The lowest BCUT2D eigenvalue weighted by atomic mass is 9.85. The molecule has 0 aliphatic heterocycles. The molecule has 0 aliphatic carbocycles. The summed E-state index contributed by atoms with van der Waals surface area (Å²) in [6.07, 6.45) is 5.02. The molecular weight excluding hydrogens is 769 g/mol. The second kappa shape index (κ2) is 21.0. The molecule has 9 heteroatoms. The molecule has 0 spiro atoms. The van der Waals surface area contributed by atoms with Gasteiger partial charge in [-0.05, 0) is 94.0 Å². The molecule has 324 valence electrons. The van der Waals surface area contributed by atoms with Gasteiger partial charge in [-0.25, -0.2) is 0 Å². The Morgan fingerprint density at radius 2 is 1.17 bits per heavy atom. The Morgan fingerprint density at radius 1 is 0.672 bits per heavy atom. The number of hydrogen-bond donors (Lipinski definition) is 1. The van der Waals surface area contributed by atoms with Crippen molar-refractivity contribution in [3.8, 4) is 5.75 Å². The average molecular weight is 849 g/mol. The first-order chi connectivity index (χ1) is 26.9. The zero-order valence-corrected chi connectivity index (χ0v) is 42.1. The summed E-state index contributed by atoms with van der Waals surface area (Å²) in [5, 5.41) is 13.0. The number of hydrogen-bond acceptors (Lipinski definition) is 6. The van der Waals surface area contributed by atoms with E-state index in [0.29, 0.717) is 19.6 Å². The Balaban J connectivity index is 2.01. The predicted molar refractivity (Wildman–Crippen MR) is 253 cm³/mol. The highest BCUT2D eigenvalue weighted by Gasteiger charge is 2.50. The monoisotopic (exact) mass is 849 g/mol. The number of rotatable bonds is 21. The van der Waals surface area contributed by atoms with Gasteiger partial charge in [0.15, 0.2) is 16.6 Å². The van der Waals surface area contributed by atoms with Crippen molar-refractivity contribution in [1.82, 2.24) is 0 Å². The third-order valence-electron chi connectivity index (χ3n) is 13.1. The predicted octanol–water partition coefficient (Wildman–Crippen LogP) is 11.5. The summed E-state index contributed by atoms with van der Waals surface area (Å²) in [7, 11) is -5.34. The molecule has 0 saturated heterocycles. The Bertz CT molecular complexity index is 1620. The van der Waals surface area contributed by atoms with Crippen LogP contribution in [0, 0.1) is 11.8 Å². The van der Waals surface area contributed by atoms with E-state index in [9.17, 15) is 5.11 Å².